The third kappa shape index (κ3) is 4.95. The van der Waals surface area contributed by atoms with Gasteiger partial charge in [-0.3, -0.25) is 9.59 Å². The van der Waals surface area contributed by atoms with Crippen LogP contribution in [0.3, 0.4) is 0 Å². The topological polar surface area (TPSA) is 93.4 Å². The van der Waals surface area contributed by atoms with Crippen LogP contribution in [-0.2, 0) is 4.79 Å². The zero-order valence-corrected chi connectivity index (χ0v) is 13.0. The molecule has 1 aromatic rings. The Kier molecular flexibility index (Phi) is 5.25. The van der Waals surface area contributed by atoms with E-state index in [4.69, 9.17) is 10.5 Å². The van der Waals surface area contributed by atoms with E-state index in [1.165, 1.54) is 0 Å². The van der Waals surface area contributed by atoms with Gasteiger partial charge in [0, 0.05) is 18.2 Å². The van der Waals surface area contributed by atoms with Crippen LogP contribution in [-0.4, -0.2) is 31.0 Å². The summed E-state index contributed by atoms with van der Waals surface area (Å²) in [5.41, 5.74) is 6.73. The number of benzene rings is 1. The van der Waals surface area contributed by atoms with Gasteiger partial charge in [-0.2, -0.15) is 0 Å². The second-order valence-electron chi connectivity index (χ2n) is 5.99. The maximum absolute atomic E-state index is 11.9. The van der Waals surface area contributed by atoms with Crippen LogP contribution in [0.5, 0.6) is 5.75 Å². The number of nitrogens with one attached hydrogen (secondary N) is 2. The van der Waals surface area contributed by atoms with Gasteiger partial charge >= 0.3 is 0 Å². The van der Waals surface area contributed by atoms with Crippen molar-refractivity contribution in [2.24, 2.45) is 5.92 Å². The minimum Gasteiger partial charge on any atom is -0.482 e. The molecule has 0 bridgehead atoms. The maximum Gasteiger partial charge on any atom is 0.257 e. The first kappa shape index (κ1) is 16.1. The van der Waals surface area contributed by atoms with Gasteiger partial charge in [-0.1, -0.05) is 13.8 Å². The summed E-state index contributed by atoms with van der Waals surface area (Å²) in [4.78, 5) is 23.5. The van der Waals surface area contributed by atoms with Gasteiger partial charge in [-0.15, -0.1) is 0 Å². The molecule has 0 radical (unpaired) electrons. The Balaban J connectivity index is 1.86. The maximum atomic E-state index is 11.9. The molecule has 2 amide bonds. The number of hydrogen-bond donors (Lipinski definition) is 3. The zero-order valence-electron chi connectivity index (χ0n) is 13.0. The van der Waals surface area contributed by atoms with E-state index in [9.17, 15) is 9.59 Å². The first-order valence-electron chi connectivity index (χ1n) is 7.55. The van der Waals surface area contributed by atoms with E-state index < -0.39 is 0 Å². The molecular weight excluding hydrogens is 282 g/mol. The summed E-state index contributed by atoms with van der Waals surface area (Å²) in [6, 6.07) is 5.13. The molecule has 0 spiro atoms. The van der Waals surface area contributed by atoms with Crippen molar-refractivity contribution in [2.45, 2.75) is 32.7 Å². The van der Waals surface area contributed by atoms with Crippen LogP contribution >= 0.6 is 0 Å². The van der Waals surface area contributed by atoms with Crippen LogP contribution in [0.15, 0.2) is 18.2 Å². The normalized spacial score (nSPS) is 13.8. The van der Waals surface area contributed by atoms with Crippen LogP contribution in [0.1, 0.15) is 37.0 Å². The monoisotopic (exact) mass is 305 g/mol. The smallest absolute Gasteiger partial charge is 0.257 e. The van der Waals surface area contributed by atoms with Crippen molar-refractivity contribution >= 4 is 17.5 Å². The van der Waals surface area contributed by atoms with Crippen LogP contribution < -0.4 is 21.1 Å². The third-order valence-corrected chi connectivity index (χ3v) is 3.25. The van der Waals surface area contributed by atoms with E-state index in [1.807, 2.05) is 13.8 Å². The molecule has 0 saturated heterocycles. The predicted octanol–water partition coefficient (Wildman–Crippen LogP) is 1.31. The minimum absolute atomic E-state index is 0.0927. The van der Waals surface area contributed by atoms with E-state index in [-0.39, 0.29) is 18.4 Å². The summed E-state index contributed by atoms with van der Waals surface area (Å²) in [7, 11) is 0. The fourth-order valence-corrected chi connectivity index (χ4v) is 1.83. The van der Waals surface area contributed by atoms with Crippen molar-refractivity contribution in [2.75, 3.05) is 18.9 Å². The molecule has 0 aliphatic heterocycles. The lowest BCUT2D eigenvalue weighted by molar-refractivity contribution is -0.123. The summed E-state index contributed by atoms with van der Waals surface area (Å²) < 4.78 is 5.39. The number of rotatable bonds is 7. The summed E-state index contributed by atoms with van der Waals surface area (Å²) in [6.07, 6.45) is 2.07. The van der Waals surface area contributed by atoms with E-state index in [0.717, 1.165) is 12.8 Å². The average Bonchev–Trinajstić information content (AvgIpc) is 3.27. The second-order valence-corrected chi connectivity index (χ2v) is 5.99. The number of nitrogen functional groups attached to an aromatic ring is 1. The van der Waals surface area contributed by atoms with Crippen LogP contribution in [0.2, 0.25) is 0 Å². The molecule has 2 rings (SSSR count). The molecule has 0 unspecified atom stereocenters. The highest BCUT2D eigenvalue weighted by Gasteiger charge is 2.24. The summed E-state index contributed by atoms with van der Waals surface area (Å²) in [5, 5.41) is 5.66. The quantitative estimate of drug-likeness (QED) is 0.662. The fraction of sp³-hybridized carbons (Fsp3) is 0.500. The lowest BCUT2D eigenvalue weighted by atomic mass is 10.1. The molecular formula is C16H23N3O3. The summed E-state index contributed by atoms with van der Waals surface area (Å²) in [5.74, 6) is 0.472. The minimum atomic E-state index is -0.191. The Labute approximate surface area is 130 Å². The number of anilines is 1. The van der Waals surface area contributed by atoms with Gasteiger partial charge in [0.05, 0.1) is 5.69 Å². The Hall–Kier alpha value is -2.24. The number of carbonyl (C=O) groups is 2. The molecule has 6 heteroatoms. The van der Waals surface area contributed by atoms with E-state index >= 15 is 0 Å². The summed E-state index contributed by atoms with van der Waals surface area (Å²) >= 11 is 0. The number of carbonyl (C=O) groups excluding carboxylic acids is 2. The van der Waals surface area contributed by atoms with Gasteiger partial charge in [0.2, 0.25) is 0 Å². The van der Waals surface area contributed by atoms with Gasteiger partial charge in [-0.05, 0) is 37.0 Å². The molecule has 1 aliphatic carbocycles. The second kappa shape index (κ2) is 7.15. The average molecular weight is 305 g/mol. The SMILES string of the molecule is CC(C)CNC(=O)COc1ccc(C(=O)NC2CC2)cc1N. The molecule has 1 aromatic carbocycles. The van der Waals surface area contributed by atoms with Crippen molar-refractivity contribution < 1.29 is 14.3 Å². The largest absolute Gasteiger partial charge is 0.482 e. The zero-order chi connectivity index (χ0) is 16.1. The third-order valence-electron chi connectivity index (χ3n) is 3.25. The van der Waals surface area contributed by atoms with Crippen LogP contribution in [0, 0.1) is 5.92 Å². The van der Waals surface area contributed by atoms with Crippen LogP contribution in [0.25, 0.3) is 0 Å². The highest BCUT2D eigenvalue weighted by atomic mass is 16.5. The molecule has 1 fully saturated rings. The number of amides is 2. The van der Waals surface area contributed by atoms with Gasteiger partial charge in [-0.25, -0.2) is 0 Å². The van der Waals surface area contributed by atoms with Crippen LogP contribution in [0.4, 0.5) is 5.69 Å². The molecule has 1 aliphatic rings. The molecule has 1 saturated carbocycles. The van der Waals surface area contributed by atoms with E-state index in [1.54, 1.807) is 18.2 Å². The Morgan fingerprint density at radius 1 is 1.36 bits per heavy atom. The predicted molar refractivity (Wildman–Crippen MR) is 84.7 cm³/mol. The molecule has 0 heterocycles. The lowest BCUT2D eigenvalue weighted by Gasteiger charge is -2.11. The van der Waals surface area contributed by atoms with Crippen molar-refractivity contribution in [1.29, 1.82) is 0 Å². The highest BCUT2D eigenvalue weighted by molar-refractivity contribution is 5.95. The Morgan fingerprint density at radius 3 is 2.68 bits per heavy atom. The van der Waals surface area contributed by atoms with Crippen molar-refractivity contribution in [3.05, 3.63) is 23.8 Å². The fourth-order valence-electron chi connectivity index (χ4n) is 1.83. The molecule has 120 valence electrons. The Morgan fingerprint density at radius 2 is 2.09 bits per heavy atom. The lowest BCUT2D eigenvalue weighted by Crippen LogP contribution is -2.31. The first-order valence-corrected chi connectivity index (χ1v) is 7.55. The number of hydrogen-bond acceptors (Lipinski definition) is 4. The molecule has 6 nitrogen and oxygen atoms in total. The van der Waals surface area contributed by atoms with Crippen molar-refractivity contribution in [1.82, 2.24) is 10.6 Å². The van der Waals surface area contributed by atoms with E-state index in [2.05, 4.69) is 10.6 Å². The van der Waals surface area contributed by atoms with Gasteiger partial charge in [0.1, 0.15) is 5.75 Å². The van der Waals surface area contributed by atoms with Gasteiger partial charge < -0.3 is 21.1 Å². The first-order chi connectivity index (χ1) is 10.5. The molecule has 0 atom stereocenters. The summed E-state index contributed by atoms with van der Waals surface area (Å²) in [6.45, 7) is 4.55. The Bertz CT molecular complexity index is 554. The van der Waals surface area contributed by atoms with Gasteiger partial charge in [0.15, 0.2) is 6.61 Å². The molecule has 22 heavy (non-hydrogen) atoms. The number of ether oxygens (including phenoxy) is 1. The van der Waals surface area contributed by atoms with E-state index in [0.29, 0.717) is 35.5 Å². The van der Waals surface area contributed by atoms with Crippen molar-refractivity contribution in [3.63, 3.8) is 0 Å². The van der Waals surface area contributed by atoms with Gasteiger partial charge in [0.25, 0.3) is 11.8 Å². The molecule has 0 aromatic heterocycles. The standard InChI is InChI=1S/C16H23N3O3/c1-10(2)8-18-15(20)9-22-14-6-3-11(7-13(14)17)16(21)19-12-4-5-12/h3,6-7,10,12H,4-5,8-9,17H2,1-2H3,(H,18,20)(H,19,21). The highest BCUT2D eigenvalue weighted by Crippen LogP contribution is 2.24. The molecule has 4 N–H and O–H groups in total. The van der Waals surface area contributed by atoms with Crippen molar-refractivity contribution in [3.8, 4) is 5.75 Å². The number of nitrogens with two attached hydrogens (primary N) is 1.